The predicted molar refractivity (Wildman–Crippen MR) is 72.6 cm³/mol. The molecule has 0 aliphatic carbocycles. The van der Waals surface area contributed by atoms with E-state index in [1.165, 1.54) is 0 Å². The number of aromatic hydroxyl groups is 1. The van der Waals surface area contributed by atoms with Gasteiger partial charge in [-0.3, -0.25) is 4.55 Å². The van der Waals surface area contributed by atoms with Crippen LogP contribution in [0.5, 0.6) is 11.5 Å². The first-order chi connectivity index (χ1) is 10.6. The van der Waals surface area contributed by atoms with E-state index in [4.69, 9.17) is 9.66 Å². The van der Waals surface area contributed by atoms with Crippen molar-refractivity contribution in [3.05, 3.63) is 47.5 Å². The minimum atomic E-state index is -5.06. The van der Waals surface area contributed by atoms with E-state index in [9.17, 15) is 27.1 Å². The molecule has 0 unspecified atom stereocenters. The minimum Gasteiger partial charge on any atom is -0.504 e. The van der Waals surface area contributed by atoms with Crippen LogP contribution in [0.3, 0.4) is 0 Å². The molecule has 7 nitrogen and oxygen atoms in total. The highest BCUT2D eigenvalue weighted by Crippen LogP contribution is 2.37. The Hall–Kier alpha value is -2.72. The second-order valence-corrected chi connectivity index (χ2v) is 5.33. The molecule has 122 valence electrons. The molecule has 0 aliphatic heterocycles. The molecule has 0 saturated carbocycles. The van der Waals surface area contributed by atoms with Gasteiger partial charge in [-0.1, -0.05) is 0 Å². The fourth-order valence-electron chi connectivity index (χ4n) is 1.83. The zero-order valence-corrected chi connectivity index (χ0v) is 11.8. The lowest BCUT2D eigenvalue weighted by Gasteiger charge is -2.11. The molecule has 0 atom stereocenters. The molecular weight excluding hydrogens is 338 g/mol. The van der Waals surface area contributed by atoms with Crippen LogP contribution in [-0.4, -0.2) is 29.2 Å². The lowest BCUT2D eigenvalue weighted by molar-refractivity contribution is 0.0693. The SMILES string of the molecule is O=C(O)c1cc(-c2ccc(F)cc2F)cc(OS(=O)(=O)O)c1O. The van der Waals surface area contributed by atoms with E-state index in [0.717, 1.165) is 24.3 Å². The van der Waals surface area contributed by atoms with Gasteiger partial charge in [-0.15, -0.1) is 0 Å². The van der Waals surface area contributed by atoms with Gasteiger partial charge in [0.15, 0.2) is 11.5 Å². The third-order valence-corrected chi connectivity index (χ3v) is 3.13. The number of rotatable bonds is 4. The maximum Gasteiger partial charge on any atom is 0.446 e. The van der Waals surface area contributed by atoms with Crippen LogP contribution in [0, 0.1) is 11.6 Å². The number of aromatic carboxylic acids is 1. The van der Waals surface area contributed by atoms with Crippen molar-refractivity contribution < 1.29 is 40.9 Å². The molecule has 0 aromatic heterocycles. The summed E-state index contributed by atoms with van der Waals surface area (Å²) < 4.78 is 60.9. The van der Waals surface area contributed by atoms with Crippen molar-refractivity contribution >= 4 is 16.4 Å². The van der Waals surface area contributed by atoms with E-state index in [1.54, 1.807) is 0 Å². The monoisotopic (exact) mass is 346 g/mol. The Bertz CT molecular complexity index is 893. The van der Waals surface area contributed by atoms with E-state index in [0.29, 0.717) is 6.07 Å². The summed E-state index contributed by atoms with van der Waals surface area (Å²) in [5, 5.41) is 18.7. The van der Waals surface area contributed by atoms with Crippen LogP contribution in [-0.2, 0) is 10.4 Å². The van der Waals surface area contributed by atoms with Crippen molar-refractivity contribution in [2.45, 2.75) is 0 Å². The molecular formula is C13H8F2O7S. The maximum absolute atomic E-state index is 13.8. The first kappa shape index (κ1) is 16.6. The van der Waals surface area contributed by atoms with Gasteiger partial charge in [0.2, 0.25) is 0 Å². The number of phenols is 1. The summed E-state index contributed by atoms with van der Waals surface area (Å²) >= 11 is 0. The van der Waals surface area contributed by atoms with E-state index in [1.807, 2.05) is 0 Å². The number of carboxylic acid groups (broad SMARTS) is 1. The largest absolute Gasteiger partial charge is 0.504 e. The first-order valence-corrected chi connectivity index (χ1v) is 7.17. The highest BCUT2D eigenvalue weighted by Gasteiger charge is 2.21. The summed E-state index contributed by atoms with van der Waals surface area (Å²) in [5.74, 6) is -5.60. The fourth-order valence-corrected chi connectivity index (χ4v) is 2.18. The second kappa shape index (κ2) is 5.82. The van der Waals surface area contributed by atoms with E-state index >= 15 is 0 Å². The van der Waals surface area contributed by atoms with Gasteiger partial charge in [0.05, 0.1) is 0 Å². The molecule has 2 aromatic rings. The Kier molecular flexibility index (Phi) is 4.21. The van der Waals surface area contributed by atoms with Gasteiger partial charge >= 0.3 is 16.4 Å². The zero-order chi connectivity index (χ0) is 17.4. The molecule has 0 amide bonds. The third-order valence-electron chi connectivity index (χ3n) is 2.74. The number of hydrogen-bond donors (Lipinski definition) is 3. The van der Waals surface area contributed by atoms with Crippen LogP contribution in [0.2, 0.25) is 0 Å². The average molecular weight is 346 g/mol. The topological polar surface area (TPSA) is 121 Å². The summed E-state index contributed by atoms with van der Waals surface area (Å²) in [7, 11) is -5.06. The van der Waals surface area contributed by atoms with Crippen LogP contribution >= 0.6 is 0 Å². The lowest BCUT2D eigenvalue weighted by Crippen LogP contribution is -2.08. The highest BCUT2D eigenvalue weighted by atomic mass is 32.3. The Morgan fingerprint density at radius 2 is 1.78 bits per heavy atom. The molecule has 0 spiro atoms. The average Bonchev–Trinajstić information content (AvgIpc) is 2.39. The number of hydrogen-bond acceptors (Lipinski definition) is 5. The Morgan fingerprint density at radius 1 is 1.13 bits per heavy atom. The Balaban J connectivity index is 2.71. The van der Waals surface area contributed by atoms with Gasteiger partial charge in [-0.2, -0.15) is 8.42 Å². The number of carbonyl (C=O) groups is 1. The quantitative estimate of drug-likeness (QED) is 0.726. The van der Waals surface area contributed by atoms with Crippen molar-refractivity contribution in [2.24, 2.45) is 0 Å². The number of benzene rings is 2. The smallest absolute Gasteiger partial charge is 0.446 e. The standard InChI is InChI=1S/C13H8F2O7S/c14-7-1-2-8(10(15)5-7)6-3-9(13(17)18)12(16)11(4-6)22-23(19,20)21/h1-5,16H,(H,17,18)(H,19,20,21). The van der Waals surface area contributed by atoms with Gasteiger partial charge in [-0.05, 0) is 29.8 Å². The summed E-state index contributed by atoms with van der Waals surface area (Å²) in [4.78, 5) is 11.1. The van der Waals surface area contributed by atoms with E-state index < -0.39 is 45.1 Å². The second-order valence-electron chi connectivity index (χ2n) is 4.31. The number of carboxylic acids is 1. The molecule has 0 bridgehead atoms. The van der Waals surface area contributed by atoms with Crippen LogP contribution in [0.4, 0.5) is 8.78 Å². The van der Waals surface area contributed by atoms with E-state index in [-0.39, 0.29) is 11.1 Å². The molecule has 23 heavy (non-hydrogen) atoms. The third kappa shape index (κ3) is 3.73. The fraction of sp³-hybridized carbons (Fsp3) is 0. The molecule has 10 heteroatoms. The zero-order valence-electron chi connectivity index (χ0n) is 11.0. The van der Waals surface area contributed by atoms with Crippen molar-refractivity contribution in [3.63, 3.8) is 0 Å². The van der Waals surface area contributed by atoms with Gasteiger partial charge in [0.1, 0.15) is 17.2 Å². The predicted octanol–water partition coefficient (Wildman–Crippen LogP) is 2.22. The molecule has 2 aromatic carbocycles. The molecule has 0 radical (unpaired) electrons. The van der Waals surface area contributed by atoms with Crippen molar-refractivity contribution in [1.29, 1.82) is 0 Å². The Labute approximate surface area is 128 Å². The molecule has 3 N–H and O–H groups in total. The normalized spacial score (nSPS) is 11.3. The summed E-state index contributed by atoms with van der Waals surface area (Å²) in [6.07, 6.45) is 0. The van der Waals surface area contributed by atoms with E-state index in [2.05, 4.69) is 4.18 Å². The highest BCUT2D eigenvalue weighted by molar-refractivity contribution is 7.81. The van der Waals surface area contributed by atoms with Crippen LogP contribution in [0.1, 0.15) is 10.4 Å². The molecule has 0 saturated heterocycles. The Morgan fingerprint density at radius 3 is 2.30 bits per heavy atom. The van der Waals surface area contributed by atoms with Crippen molar-refractivity contribution in [3.8, 4) is 22.6 Å². The molecule has 0 fully saturated rings. The summed E-state index contributed by atoms with van der Waals surface area (Å²) in [5.41, 5.74) is -1.28. The van der Waals surface area contributed by atoms with Crippen LogP contribution in [0.15, 0.2) is 30.3 Å². The molecule has 0 heterocycles. The van der Waals surface area contributed by atoms with Gasteiger partial charge in [-0.25, -0.2) is 13.6 Å². The van der Waals surface area contributed by atoms with Gasteiger partial charge in [0.25, 0.3) is 0 Å². The summed E-state index contributed by atoms with van der Waals surface area (Å²) in [6.45, 7) is 0. The minimum absolute atomic E-state index is 0.212. The molecule has 0 aliphatic rings. The van der Waals surface area contributed by atoms with Crippen LogP contribution < -0.4 is 4.18 Å². The first-order valence-electron chi connectivity index (χ1n) is 5.81. The van der Waals surface area contributed by atoms with Crippen LogP contribution in [0.25, 0.3) is 11.1 Å². The lowest BCUT2D eigenvalue weighted by atomic mass is 10.0. The summed E-state index contributed by atoms with van der Waals surface area (Å²) in [6, 6.07) is 4.04. The van der Waals surface area contributed by atoms with Crippen molar-refractivity contribution in [2.75, 3.05) is 0 Å². The maximum atomic E-state index is 13.8. The van der Waals surface area contributed by atoms with Crippen molar-refractivity contribution in [1.82, 2.24) is 0 Å². The number of halogens is 2. The van der Waals surface area contributed by atoms with Gasteiger partial charge in [0, 0.05) is 11.6 Å². The molecule has 2 rings (SSSR count). The van der Waals surface area contributed by atoms with Gasteiger partial charge < -0.3 is 14.4 Å².